The topological polar surface area (TPSA) is 262 Å². The smallest absolute Gasteiger partial charge is 0.434 e. The van der Waals surface area contributed by atoms with Crippen molar-refractivity contribution in [1.82, 2.24) is 15.6 Å². The van der Waals surface area contributed by atoms with Crippen LogP contribution in [0.25, 0.3) is 33.7 Å². The molecule has 27 heteroatoms. The molecule has 0 aliphatic heterocycles. The number of nitrogens with one attached hydrogen (secondary N) is 1. The molecule has 0 atom stereocenters. The van der Waals surface area contributed by atoms with Crippen LogP contribution in [0.15, 0.2) is 116 Å². The zero-order valence-corrected chi connectivity index (χ0v) is 39.8. The first kappa shape index (κ1) is 60.3. The Labute approximate surface area is 417 Å². The van der Waals surface area contributed by atoms with Gasteiger partial charge in [-0.1, -0.05) is 81.0 Å². The van der Waals surface area contributed by atoms with E-state index in [-0.39, 0.29) is 37.0 Å². The fraction of sp³-hybridized carbons (Fsp3) is 0.136. The summed E-state index contributed by atoms with van der Waals surface area (Å²) in [6, 6.07) is 17.7. The molecule has 0 saturated heterocycles. The number of alkyl halides is 6. The Morgan fingerprint density at radius 3 is 1.30 bits per heavy atom. The number of amides is 1. The number of aliphatic hydroxyl groups is 2. The van der Waals surface area contributed by atoms with Gasteiger partial charge in [-0.15, -0.1) is 0 Å². The number of rotatable bonds is 10. The Morgan fingerprint density at radius 1 is 0.634 bits per heavy atom. The Morgan fingerprint density at radius 2 is 0.986 bits per heavy atom. The molecule has 2 aromatic heterocycles. The number of carbonyl (C=O) groups is 2. The average molecular weight is 1080 g/mol. The highest BCUT2D eigenvalue weighted by atomic mass is 35.5. The molecule has 10 N–H and O–H groups in total. The van der Waals surface area contributed by atoms with Gasteiger partial charge in [0.05, 0.1) is 43.7 Å². The minimum Gasteiger partial charge on any atom is -0.477 e. The molecule has 0 saturated carbocycles. The van der Waals surface area contributed by atoms with E-state index in [1.54, 1.807) is 0 Å². The second kappa shape index (κ2) is 27.5. The maximum absolute atomic E-state index is 14.5. The van der Waals surface area contributed by atoms with Crippen molar-refractivity contribution < 1.29 is 69.1 Å². The van der Waals surface area contributed by atoms with Gasteiger partial charge < -0.3 is 46.9 Å². The van der Waals surface area contributed by atoms with E-state index in [9.17, 15) is 49.8 Å². The second-order valence-electron chi connectivity index (χ2n) is 12.6. The number of aromatic nitrogens is 2. The SMILES string of the molecule is CN.CNC(=O)c1c(-c2c(F)cccc2Cl)noc1C(=CN)C(=Nc1cccc(Cl)c1)C(F)(F)F.CO.CO.NC=C(C(=Nc1cccc(Cl)c1)C(F)(F)F)c1onc(-c2c(F)cccc2Cl)c1C(=O)O. The molecule has 71 heavy (non-hydrogen) atoms. The molecule has 380 valence electrons. The molecule has 6 aromatic rings. The van der Waals surface area contributed by atoms with Crippen LogP contribution in [0.5, 0.6) is 0 Å². The number of benzene rings is 4. The number of aliphatic hydroxyl groups excluding tert-OH is 2. The summed E-state index contributed by atoms with van der Waals surface area (Å²) in [6.45, 7) is 0. The van der Waals surface area contributed by atoms with Crippen molar-refractivity contribution in [2.45, 2.75) is 12.4 Å². The van der Waals surface area contributed by atoms with Crippen LogP contribution in [0, 0.1) is 11.6 Å². The second-order valence-corrected chi connectivity index (χ2v) is 14.3. The molecule has 0 bridgehead atoms. The van der Waals surface area contributed by atoms with Gasteiger partial charge in [0.15, 0.2) is 22.9 Å². The Hall–Kier alpha value is -6.86. The minimum absolute atomic E-state index is 0.119. The van der Waals surface area contributed by atoms with E-state index in [2.05, 4.69) is 31.3 Å². The molecule has 6 rings (SSSR count). The van der Waals surface area contributed by atoms with Gasteiger partial charge in [-0.25, -0.2) is 23.6 Å². The minimum atomic E-state index is -5.09. The van der Waals surface area contributed by atoms with Crippen LogP contribution >= 0.6 is 46.4 Å². The van der Waals surface area contributed by atoms with Crippen LogP contribution in [0.3, 0.4) is 0 Å². The number of halogens is 12. The fourth-order valence-electron chi connectivity index (χ4n) is 5.70. The fourth-order valence-corrected chi connectivity index (χ4v) is 6.57. The van der Waals surface area contributed by atoms with Gasteiger partial charge in [0.2, 0.25) is 0 Å². The van der Waals surface area contributed by atoms with Gasteiger partial charge in [-0.05, 0) is 67.7 Å². The number of carboxylic acids is 1. The monoisotopic (exact) mass is 1080 g/mol. The normalized spacial score (nSPS) is 11.9. The summed E-state index contributed by atoms with van der Waals surface area (Å²) < 4.78 is 122. The number of hydrogen-bond acceptors (Lipinski definition) is 13. The average Bonchev–Trinajstić information content (AvgIpc) is 3.96. The predicted molar refractivity (Wildman–Crippen MR) is 254 cm³/mol. The van der Waals surface area contributed by atoms with Crippen LogP contribution in [-0.2, 0) is 0 Å². The molecule has 0 unspecified atom stereocenters. The van der Waals surface area contributed by atoms with E-state index in [1.165, 1.54) is 80.8 Å². The van der Waals surface area contributed by atoms with Gasteiger partial charge in [0.1, 0.15) is 34.1 Å². The number of allylic oxidation sites excluding steroid dienone is 2. The zero-order chi connectivity index (χ0) is 54.0. The van der Waals surface area contributed by atoms with Crippen molar-refractivity contribution >= 4 is 92.2 Å². The molecule has 0 aliphatic carbocycles. The van der Waals surface area contributed by atoms with Gasteiger partial charge >= 0.3 is 18.3 Å². The highest BCUT2D eigenvalue weighted by Gasteiger charge is 2.44. The van der Waals surface area contributed by atoms with Crippen molar-refractivity contribution in [3.8, 4) is 22.5 Å². The molecular formula is C44H38Cl4F8N8O7. The number of aliphatic imine (C=N–C) groups is 2. The van der Waals surface area contributed by atoms with Gasteiger partial charge in [0, 0.05) is 43.7 Å². The van der Waals surface area contributed by atoms with Crippen molar-refractivity contribution in [3.63, 3.8) is 0 Å². The molecule has 0 radical (unpaired) electrons. The van der Waals surface area contributed by atoms with Crippen molar-refractivity contribution in [2.24, 2.45) is 27.2 Å². The third kappa shape index (κ3) is 15.1. The van der Waals surface area contributed by atoms with Crippen molar-refractivity contribution in [2.75, 3.05) is 28.3 Å². The summed E-state index contributed by atoms with van der Waals surface area (Å²) in [5, 5.41) is 32.9. The zero-order valence-electron chi connectivity index (χ0n) is 36.8. The highest BCUT2D eigenvalue weighted by molar-refractivity contribution is 6.35. The molecule has 0 fully saturated rings. The molecule has 15 nitrogen and oxygen atoms in total. The lowest BCUT2D eigenvalue weighted by atomic mass is 9.99. The maximum atomic E-state index is 14.5. The Balaban J connectivity index is 0.000000441. The van der Waals surface area contributed by atoms with E-state index in [0.717, 1.165) is 32.4 Å². The lowest BCUT2D eigenvalue weighted by Gasteiger charge is -2.13. The number of carboxylic acid groups (broad SMARTS) is 1. The van der Waals surface area contributed by atoms with Gasteiger partial charge in [-0.3, -0.25) is 4.79 Å². The number of hydrogen-bond donors (Lipinski definition) is 7. The first-order valence-electron chi connectivity index (χ1n) is 19.1. The third-order valence-corrected chi connectivity index (χ3v) is 9.52. The first-order valence-corrected chi connectivity index (χ1v) is 20.6. The lowest BCUT2D eigenvalue weighted by molar-refractivity contribution is -0.0580. The predicted octanol–water partition coefficient (Wildman–Crippen LogP) is 10.7. The van der Waals surface area contributed by atoms with Crippen LogP contribution in [0.2, 0.25) is 20.1 Å². The van der Waals surface area contributed by atoms with Crippen LogP contribution in [0.4, 0.5) is 46.5 Å². The molecule has 0 aliphatic rings. The molecule has 4 aromatic carbocycles. The van der Waals surface area contributed by atoms with Gasteiger partial charge in [-0.2, -0.15) is 26.3 Å². The third-order valence-electron chi connectivity index (χ3n) is 8.42. The standard InChI is InChI=1S/C21H14Cl2F4N4O2.C20H11Cl2F4N3O3.CH5N.2CH4O/c1-29-20(32)16-17(15-13(23)6-3-7-14(15)24)31-33-18(16)12(9-28)19(21(25,26)27)30-11-5-2-4-10(22)8-11;21-9-3-1-4-10(7-9)28-18(20(24,25)26)11(8-27)17-15(19(30)31)16(29-32-17)14-12(22)5-2-6-13(14)23;3*1-2/h2-9H,28H2,1H3,(H,29,32);1-8H,27H2,(H,30,31);2H2,1H3;2*2H,1H3. The number of nitrogens with zero attached hydrogens (tertiary/aromatic N) is 4. The van der Waals surface area contributed by atoms with Crippen LogP contribution < -0.4 is 22.5 Å². The summed E-state index contributed by atoms with van der Waals surface area (Å²) in [7, 11) is 4.72. The summed E-state index contributed by atoms with van der Waals surface area (Å²) in [6.07, 6.45) is -9.09. The number of aromatic carboxylic acids is 1. The molecule has 1 amide bonds. The molecule has 0 spiro atoms. The van der Waals surface area contributed by atoms with Gasteiger partial charge in [0.25, 0.3) is 5.91 Å². The van der Waals surface area contributed by atoms with Crippen molar-refractivity contribution in [3.05, 3.63) is 152 Å². The number of nitrogens with two attached hydrogens (primary N) is 3. The Bertz CT molecular complexity index is 2880. The van der Waals surface area contributed by atoms with Crippen molar-refractivity contribution in [1.29, 1.82) is 0 Å². The highest BCUT2D eigenvalue weighted by Crippen LogP contribution is 2.40. The largest absolute Gasteiger partial charge is 0.477 e. The van der Waals surface area contributed by atoms with E-state index >= 15 is 0 Å². The quantitative estimate of drug-likeness (QED) is 0.0499. The Kier molecular flexibility index (Phi) is 23.3. The van der Waals surface area contributed by atoms with E-state index in [1.807, 2.05) is 0 Å². The summed E-state index contributed by atoms with van der Waals surface area (Å²) >= 11 is 23.6. The lowest BCUT2D eigenvalue weighted by Crippen LogP contribution is -2.26. The molecule has 2 heterocycles. The van der Waals surface area contributed by atoms with E-state index in [0.29, 0.717) is 12.4 Å². The van der Waals surface area contributed by atoms with E-state index < -0.39 is 98.0 Å². The summed E-state index contributed by atoms with van der Waals surface area (Å²) in [4.78, 5) is 31.7. The summed E-state index contributed by atoms with van der Waals surface area (Å²) in [5.41, 5.74) is 7.13. The molecular weight excluding hydrogens is 1050 g/mol. The van der Waals surface area contributed by atoms with Crippen LogP contribution in [-0.4, -0.2) is 89.6 Å². The van der Waals surface area contributed by atoms with Crippen LogP contribution in [0.1, 0.15) is 32.2 Å². The van der Waals surface area contributed by atoms with E-state index in [4.69, 9.17) is 77.1 Å². The summed E-state index contributed by atoms with van der Waals surface area (Å²) in [5.74, 6) is -6.05. The first-order chi connectivity index (χ1) is 33.6. The maximum Gasteiger partial charge on any atom is 0.434 e. The number of carbonyl (C=O) groups excluding carboxylic acids is 1.